The van der Waals surface area contributed by atoms with Gasteiger partial charge >= 0.3 is 0 Å². The molecule has 0 fully saturated rings. The van der Waals surface area contributed by atoms with Crippen LogP contribution in [0.15, 0.2) is 27.6 Å². The lowest BCUT2D eigenvalue weighted by Gasteiger charge is -2.10. The van der Waals surface area contributed by atoms with E-state index in [2.05, 4.69) is 24.0 Å². The number of hydrogen-bond acceptors (Lipinski definition) is 5. The Morgan fingerprint density at radius 1 is 1.38 bits per heavy atom. The Bertz CT molecular complexity index is 646. The average molecular weight is 291 g/mol. The van der Waals surface area contributed by atoms with E-state index >= 15 is 0 Å². The van der Waals surface area contributed by atoms with Crippen LogP contribution in [0.1, 0.15) is 44.2 Å². The Balaban J connectivity index is 2.04. The summed E-state index contributed by atoms with van der Waals surface area (Å²) in [5.74, 6) is 1.35. The highest BCUT2D eigenvalue weighted by Crippen LogP contribution is 2.14. The largest absolute Gasteiger partial charge is 0.370 e. The number of ether oxygens (including phenoxy) is 1. The molecule has 0 aromatic carbocycles. The van der Waals surface area contributed by atoms with Crippen molar-refractivity contribution >= 4 is 0 Å². The molecule has 0 aliphatic carbocycles. The molecule has 2 aromatic heterocycles. The van der Waals surface area contributed by atoms with Crippen molar-refractivity contribution in [3.8, 4) is 0 Å². The van der Waals surface area contributed by atoms with Gasteiger partial charge in [0.2, 0.25) is 5.89 Å². The summed E-state index contributed by atoms with van der Waals surface area (Å²) in [5, 5.41) is 3.91. The molecule has 6 nitrogen and oxygen atoms in total. The first-order valence-corrected chi connectivity index (χ1v) is 7.07. The van der Waals surface area contributed by atoms with Crippen LogP contribution in [-0.4, -0.2) is 21.3 Å². The molecule has 0 radical (unpaired) electrons. The second-order valence-electron chi connectivity index (χ2n) is 5.59. The maximum atomic E-state index is 11.8. The van der Waals surface area contributed by atoms with Gasteiger partial charge in [0, 0.05) is 18.9 Å². The molecule has 1 atom stereocenters. The van der Waals surface area contributed by atoms with E-state index in [1.165, 1.54) is 4.57 Å². The third-order valence-corrected chi connectivity index (χ3v) is 2.98. The normalized spacial score (nSPS) is 12.8. The molecule has 2 heterocycles. The van der Waals surface area contributed by atoms with Gasteiger partial charge in [0.1, 0.15) is 12.6 Å². The molecule has 0 spiro atoms. The fraction of sp³-hybridized carbons (Fsp3) is 0.533. The smallest absolute Gasteiger partial charge is 0.251 e. The second-order valence-corrected chi connectivity index (χ2v) is 5.59. The predicted octanol–water partition coefficient (Wildman–Crippen LogP) is 2.32. The highest BCUT2D eigenvalue weighted by atomic mass is 16.5. The van der Waals surface area contributed by atoms with Crippen molar-refractivity contribution in [3.63, 3.8) is 0 Å². The van der Waals surface area contributed by atoms with Gasteiger partial charge in [0.15, 0.2) is 5.82 Å². The van der Waals surface area contributed by atoms with E-state index < -0.39 is 0 Å². The lowest BCUT2D eigenvalue weighted by Crippen LogP contribution is -2.19. The van der Waals surface area contributed by atoms with E-state index in [1.807, 2.05) is 19.9 Å². The van der Waals surface area contributed by atoms with Crippen LogP contribution in [0.4, 0.5) is 0 Å². The number of nitrogens with zero attached hydrogens (tertiary/aromatic N) is 3. The Kier molecular flexibility index (Phi) is 4.90. The van der Waals surface area contributed by atoms with Crippen molar-refractivity contribution in [1.29, 1.82) is 0 Å². The van der Waals surface area contributed by atoms with Crippen LogP contribution in [0.5, 0.6) is 0 Å². The molecule has 2 aromatic rings. The molecule has 114 valence electrons. The van der Waals surface area contributed by atoms with Crippen LogP contribution >= 0.6 is 0 Å². The average Bonchev–Trinajstić information content (AvgIpc) is 2.88. The molecular formula is C15H21N3O3. The van der Waals surface area contributed by atoms with Gasteiger partial charge < -0.3 is 13.8 Å². The minimum absolute atomic E-state index is 0.0844. The van der Waals surface area contributed by atoms with Crippen LogP contribution in [0.25, 0.3) is 0 Å². The minimum atomic E-state index is -0.223. The van der Waals surface area contributed by atoms with Crippen molar-refractivity contribution in [3.05, 3.63) is 46.0 Å². The summed E-state index contributed by atoms with van der Waals surface area (Å²) >= 11 is 0. The highest BCUT2D eigenvalue weighted by molar-refractivity contribution is 5.08. The molecule has 0 aliphatic heterocycles. The number of aryl methyl sites for hydroxylation is 1. The zero-order valence-corrected chi connectivity index (χ0v) is 12.9. The Morgan fingerprint density at radius 3 is 2.81 bits per heavy atom. The number of pyridine rings is 1. The number of rotatable bonds is 6. The summed E-state index contributed by atoms with van der Waals surface area (Å²) < 4.78 is 12.4. The molecule has 0 N–H and O–H groups in total. The fourth-order valence-electron chi connectivity index (χ4n) is 1.79. The summed E-state index contributed by atoms with van der Waals surface area (Å²) in [6.07, 6.45) is 1.50. The second kappa shape index (κ2) is 6.67. The van der Waals surface area contributed by atoms with Gasteiger partial charge in [0.05, 0.1) is 0 Å². The topological polar surface area (TPSA) is 70.2 Å². The van der Waals surface area contributed by atoms with Gasteiger partial charge in [-0.25, -0.2) is 0 Å². The first-order chi connectivity index (χ1) is 9.95. The lowest BCUT2D eigenvalue weighted by molar-refractivity contribution is 0.0402. The van der Waals surface area contributed by atoms with Gasteiger partial charge in [-0.15, -0.1) is 0 Å². The molecule has 6 heteroatoms. The van der Waals surface area contributed by atoms with E-state index in [0.717, 1.165) is 5.56 Å². The molecule has 0 unspecified atom stereocenters. The fourth-order valence-corrected chi connectivity index (χ4v) is 1.79. The van der Waals surface area contributed by atoms with Gasteiger partial charge in [-0.3, -0.25) is 4.79 Å². The van der Waals surface area contributed by atoms with Crippen LogP contribution < -0.4 is 5.56 Å². The first kappa shape index (κ1) is 15.4. The van der Waals surface area contributed by atoms with E-state index in [0.29, 0.717) is 24.2 Å². The van der Waals surface area contributed by atoms with Crippen molar-refractivity contribution in [1.82, 2.24) is 14.7 Å². The third kappa shape index (κ3) is 4.26. The van der Waals surface area contributed by atoms with Gasteiger partial charge in [0.25, 0.3) is 5.56 Å². The quantitative estimate of drug-likeness (QED) is 0.817. The van der Waals surface area contributed by atoms with Crippen molar-refractivity contribution in [2.45, 2.75) is 40.3 Å². The molecule has 2 rings (SSSR count). The summed E-state index contributed by atoms with van der Waals surface area (Å²) in [5.41, 5.74) is 0.844. The summed E-state index contributed by atoms with van der Waals surface area (Å²) in [6, 6.07) is 3.44. The zero-order valence-electron chi connectivity index (χ0n) is 12.9. The molecule has 21 heavy (non-hydrogen) atoms. The molecular weight excluding hydrogens is 270 g/mol. The van der Waals surface area contributed by atoms with E-state index in [-0.39, 0.29) is 18.2 Å². The first-order valence-electron chi connectivity index (χ1n) is 7.07. The van der Waals surface area contributed by atoms with Crippen molar-refractivity contribution in [2.24, 2.45) is 5.92 Å². The monoisotopic (exact) mass is 291 g/mol. The molecule has 0 amide bonds. The van der Waals surface area contributed by atoms with Gasteiger partial charge in [-0.2, -0.15) is 4.98 Å². The van der Waals surface area contributed by atoms with Crippen LogP contribution in [0.2, 0.25) is 0 Å². The maximum absolute atomic E-state index is 11.8. The van der Waals surface area contributed by atoms with E-state index in [1.54, 1.807) is 12.3 Å². The maximum Gasteiger partial charge on any atom is 0.251 e. The van der Waals surface area contributed by atoms with Crippen molar-refractivity contribution < 1.29 is 9.26 Å². The molecule has 0 bridgehead atoms. The number of hydrogen-bond donors (Lipinski definition) is 0. The Morgan fingerprint density at radius 2 is 2.14 bits per heavy atom. The summed E-state index contributed by atoms with van der Waals surface area (Å²) in [7, 11) is 0. The third-order valence-electron chi connectivity index (χ3n) is 2.98. The zero-order chi connectivity index (χ0) is 15.4. The van der Waals surface area contributed by atoms with Crippen LogP contribution in [0.3, 0.4) is 0 Å². The van der Waals surface area contributed by atoms with Crippen LogP contribution in [0, 0.1) is 12.8 Å². The summed E-state index contributed by atoms with van der Waals surface area (Å²) in [4.78, 5) is 16.1. The lowest BCUT2D eigenvalue weighted by atomic mass is 10.2. The standard InChI is InChI=1S/C15H21N3O3/c1-10(2)9-20-12(4)15-16-13(21-17-15)8-18-6-5-11(3)7-14(18)19/h5-7,10,12H,8-9H2,1-4H3/t12-/m1/s1. The predicted molar refractivity (Wildman–Crippen MR) is 78.0 cm³/mol. The molecule has 0 saturated heterocycles. The number of aromatic nitrogens is 3. The molecule has 0 saturated carbocycles. The SMILES string of the molecule is Cc1ccn(Cc2nc([C@@H](C)OCC(C)C)no2)c(=O)c1. The van der Waals surface area contributed by atoms with Gasteiger partial charge in [-0.05, 0) is 31.4 Å². The van der Waals surface area contributed by atoms with Crippen LogP contribution in [-0.2, 0) is 11.3 Å². The highest BCUT2D eigenvalue weighted by Gasteiger charge is 2.15. The minimum Gasteiger partial charge on any atom is -0.370 e. The van der Waals surface area contributed by atoms with Gasteiger partial charge in [-0.1, -0.05) is 19.0 Å². The Hall–Kier alpha value is -1.95. The van der Waals surface area contributed by atoms with E-state index in [9.17, 15) is 4.79 Å². The Labute approximate surface area is 123 Å². The summed E-state index contributed by atoms with van der Waals surface area (Å²) in [6.45, 7) is 8.83. The van der Waals surface area contributed by atoms with Crippen molar-refractivity contribution in [2.75, 3.05) is 6.61 Å². The molecule has 0 aliphatic rings. The van der Waals surface area contributed by atoms with E-state index in [4.69, 9.17) is 9.26 Å².